The second kappa shape index (κ2) is 15.5. The Balaban J connectivity index is 1.36. The molecule has 49 heavy (non-hydrogen) atoms. The van der Waals surface area contributed by atoms with Crippen molar-refractivity contribution in [3.63, 3.8) is 0 Å². The Morgan fingerprint density at radius 1 is 0.755 bits per heavy atom. The average molecular weight is 679 g/mol. The van der Waals surface area contributed by atoms with Crippen LogP contribution in [0.5, 0.6) is 0 Å². The predicted molar refractivity (Wildman–Crippen MR) is 190 cm³/mol. The summed E-state index contributed by atoms with van der Waals surface area (Å²) in [5, 5.41) is 21.0. The lowest BCUT2D eigenvalue weighted by Gasteiger charge is -2.45. The molecular formula is C40H42N2O6S. The van der Waals surface area contributed by atoms with Gasteiger partial charge < -0.3 is 19.7 Å². The van der Waals surface area contributed by atoms with Gasteiger partial charge >= 0.3 is 0 Å². The van der Waals surface area contributed by atoms with Gasteiger partial charge in [0.2, 0.25) is 0 Å². The highest BCUT2D eigenvalue weighted by Gasteiger charge is 2.43. The van der Waals surface area contributed by atoms with Crippen molar-refractivity contribution in [1.82, 2.24) is 4.90 Å². The molecule has 1 aliphatic rings. The Labute approximate surface area is 288 Å². The summed E-state index contributed by atoms with van der Waals surface area (Å²) in [6, 6.07) is 42.5. The molecule has 0 amide bonds. The molecule has 0 aliphatic carbocycles. The first-order valence-corrected chi connectivity index (χ1v) is 17.9. The van der Waals surface area contributed by atoms with Gasteiger partial charge in [-0.15, -0.1) is 0 Å². The summed E-state index contributed by atoms with van der Waals surface area (Å²) in [6.45, 7) is 2.40. The number of aliphatic hydroxyl groups is 2. The average Bonchev–Trinajstić information content (AvgIpc) is 3.15. The van der Waals surface area contributed by atoms with E-state index in [4.69, 9.17) is 9.47 Å². The lowest BCUT2D eigenvalue weighted by Crippen LogP contribution is -2.46. The molecule has 1 aliphatic heterocycles. The molecule has 1 fully saturated rings. The smallest absolute Gasteiger partial charge is 0.261 e. The molecule has 0 radical (unpaired) electrons. The first-order chi connectivity index (χ1) is 23.7. The van der Waals surface area contributed by atoms with Crippen molar-refractivity contribution >= 4 is 15.7 Å². The van der Waals surface area contributed by atoms with Crippen LogP contribution in [0.25, 0.3) is 0 Å². The fourth-order valence-corrected chi connectivity index (χ4v) is 7.42. The highest BCUT2D eigenvalue weighted by atomic mass is 32.2. The number of hydrogen-bond acceptors (Lipinski definition) is 7. The zero-order valence-electron chi connectivity index (χ0n) is 27.5. The number of anilines is 1. The highest BCUT2D eigenvalue weighted by molar-refractivity contribution is 7.92. The Hall–Kier alpha value is -4.35. The minimum atomic E-state index is -3.82. The van der Waals surface area contributed by atoms with Gasteiger partial charge in [0, 0.05) is 29.8 Å². The summed E-state index contributed by atoms with van der Waals surface area (Å²) in [4.78, 5) is 2.27. The van der Waals surface area contributed by atoms with Crippen LogP contribution in [0.15, 0.2) is 144 Å². The molecule has 1 saturated heterocycles. The number of aliphatic hydroxyl groups excluding tert-OH is 2. The summed E-state index contributed by atoms with van der Waals surface area (Å²) < 4.78 is 42.7. The van der Waals surface area contributed by atoms with Crippen LogP contribution in [0.4, 0.5) is 5.69 Å². The number of benzene rings is 5. The number of likely N-dealkylation sites (N-methyl/N-ethyl adjacent to an activating group) is 1. The maximum absolute atomic E-state index is 13.2. The van der Waals surface area contributed by atoms with Crippen molar-refractivity contribution in [2.75, 3.05) is 18.3 Å². The van der Waals surface area contributed by atoms with Crippen LogP contribution in [0.2, 0.25) is 0 Å². The predicted octanol–water partition coefficient (Wildman–Crippen LogP) is 6.97. The fraction of sp³-hybridized carbons (Fsp3) is 0.250. The lowest BCUT2D eigenvalue weighted by atomic mass is 9.83. The summed E-state index contributed by atoms with van der Waals surface area (Å²) in [7, 11) is -1.83. The third-order valence-electron chi connectivity index (χ3n) is 9.20. The number of sulfonamides is 1. The van der Waals surface area contributed by atoms with Gasteiger partial charge in [-0.25, -0.2) is 8.42 Å². The molecule has 9 heteroatoms. The minimum absolute atomic E-state index is 0.0691. The molecule has 6 atom stereocenters. The maximum Gasteiger partial charge on any atom is 0.261 e. The Morgan fingerprint density at radius 3 is 2.02 bits per heavy atom. The molecule has 0 saturated carbocycles. The van der Waals surface area contributed by atoms with Crippen LogP contribution in [0.3, 0.4) is 0 Å². The molecule has 5 aromatic rings. The van der Waals surface area contributed by atoms with Crippen LogP contribution in [0.1, 0.15) is 59.2 Å². The van der Waals surface area contributed by atoms with Crippen LogP contribution in [-0.2, 0) is 26.1 Å². The summed E-state index contributed by atoms with van der Waals surface area (Å²) >= 11 is 0. The summed E-state index contributed by atoms with van der Waals surface area (Å²) in [6.07, 6.45) is -2.40. The summed E-state index contributed by atoms with van der Waals surface area (Å²) in [5.74, 6) is -0.235. The largest absolute Gasteiger partial charge is 0.392 e. The molecule has 6 rings (SSSR count). The molecule has 0 spiro atoms. The van der Waals surface area contributed by atoms with E-state index in [1.54, 1.807) is 48.5 Å². The molecule has 3 N–H and O–H groups in total. The van der Waals surface area contributed by atoms with Crippen molar-refractivity contribution in [3.8, 4) is 0 Å². The van der Waals surface area contributed by atoms with Crippen LogP contribution < -0.4 is 4.72 Å². The molecular weight excluding hydrogens is 637 g/mol. The van der Waals surface area contributed by atoms with Crippen molar-refractivity contribution in [2.24, 2.45) is 0 Å². The molecule has 254 valence electrons. The fourth-order valence-electron chi connectivity index (χ4n) is 6.35. The normalized spacial score (nSPS) is 20.8. The van der Waals surface area contributed by atoms with Crippen LogP contribution in [0, 0.1) is 0 Å². The quantitative estimate of drug-likeness (QED) is 0.131. The first-order valence-electron chi connectivity index (χ1n) is 16.4. The van der Waals surface area contributed by atoms with E-state index in [1.807, 2.05) is 92.8 Å². The maximum atomic E-state index is 13.2. The molecule has 1 heterocycles. The van der Waals surface area contributed by atoms with E-state index in [9.17, 15) is 18.6 Å². The van der Waals surface area contributed by atoms with E-state index in [0.717, 1.165) is 22.3 Å². The first kappa shape index (κ1) is 34.5. The second-order valence-electron chi connectivity index (χ2n) is 12.5. The van der Waals surface area contributed by atoms with Gasteiger partial charge in [0.1, 0.15) is 0 Å². The molecule has 5 aromatic carbocycles. The van der Waals surface area contributed by atoms with Crippen molar-refractivity contribution < 1.29 is 28.1 Å². The third-order valence-corrected chi connectivity index (χ3v) is 10.6. The monoisotopic (exact) mass is 678 g/mol. The van der Waals surface area contributed by atoms with Gasteiger partial charge in [0.05, 0.1) is 29.8 Å². The van der Waals surface area contributed by atoms with Gasteiger partial charge in [-0.2, -0.15) is 0 Å². The lowest BCUT2D eigenvalue weighted by molar-refractivity contribution is -0.264. The molecule has 8 nitrogen and oxygen atoms in total. The Morgan fingerprint density at radius 2 is 1.37 bits per heavy atom. The van der Waals surface area contributed by atoms with Crippen LogP contribution in [-0.4, -0.2) is 49.3 Å². The van der Waals surface area contributed by atoms with E-state index in [1.165, 1.54) is 0 Å². The van der Waals surface area contributed by atoms with Gasteiger partial charge in [-0.1, -0.05) is 115 Å². The number of nitrogens with one attached hydrogen (secondary N) is 1. The van der Waals surface area contributed by atoms with E-state index in [0.29, 0.717) is 17.8 Å². The van der Waals surface area contributed by atoms with Gasteiger partial charge in [-0.05, 0) is 60.5 Å². The van der Waals surface area contributed by atoms with E-state index in [-0.39, 0.29) is 23.5 Å². The zero-order valence-corrected chi connectivity index (χ0v) is 28.4. The summed E-state index contributed by atoms with van der Waals surface area (Å²) in [5.41, 5.74) is 4.63. The van der Waals surface area contributed by atoms with Crippen molar-refractivity contribution in [2.45, 2.75) is 55.0 Å². The number of rotatable bonds is 12. The van der Waals surface area contributed by atoms with Crippen molar-refractivity contribution in [1.29, 1.82) is 0 Å². The van der Waals surface area contributed by atoms with Gasteiger partial charge in [0.15, 0.2) is 6.29 Å². The van der Waals surface area contributed by atoms with Gasteiger partial charge in [0.25, 0.3) is 10.0 Å². The van der Waals surface area contributed by atoms with Crippen molar-refractivity contribution in [3.05, 3.63) is 167 Å². The second-order valence-corrected chi connectivity index (χ2v) is 14.2. The van der Waals surface area contributed by atoms with E-state index < -0.39 is 34.6 Å². The molecule has 6 unspecified atom stereocenters. The van der Waals surface area contributed by atoms with E-state index in [2.05, 4.69) is 21.8 Å². The number of ether oxygens (including phenoxy) is 2. The zero-order chi connectivity index (χ0) is 34.4. The topological polar surface area (TPSA) is 108 Å². The van der Waals surface area contributed by atoms with E-state index >= 15 is 0 Å². The molecule has 0 aromatic heterocycles. The number of hydrogen-bond donors (Lipinski definition) is 3. The Kier molecular flexibility index (Phi) is 10.9. The van der Waals surface area contributed by atoms with Crippen LogP contribution >= 0.6 is 0 Å². The minimum Gasteiger partial charge on any atom is -0.392 e. The SMILES string of the molecule is CC(C(O)c1ccccc1)N(C)CC1OC(c2cccc(NS(=O)(=O)c3ccccc3)c2)OC(c2ccc(CO)cc2)C1c1ccccc1. The highest BCUT2D eigenvalue weighted by Crippen LogP contribution is 2.47. The molecule has 0 bridgehead atoms. The Bertz CT molecular complexity index is 1890. The third kappa shape index (κ3) is 8.11. The van der Waals surface area contributed by atoms with Gasteiger partial charge in [-0.3, -0.25) is 9.62 Å². The number of nitrogens with zero attached hydrogens (tertiary/aromatic N) is 1. The standard InChI is InChI=1S/C40H42N2O6S/c1-28(38(44)31-15-8-4-9-16-31)42(2)26-36-37(30-13-6-3-7-14-30)39(32-23-21-29(27-43)22-24-32)48-40(47-36)33-17-12-18-34(25-33)41-49(45,46)35-19-10-5-11-20-35/h3-25,28,36-41,43-44H,26-27H2,1-2H3.